The molecule has 1 saturated carbocycles. The van der Waals surface area contributed by atoms with Crippen LogP contribution in [-0.4, -0.2) is 24.3 Å². The number of rotatable bonds is 4. The SMILES string of the molecule is O=S(=O)(NC1(CBr)CCCC1)c1ncccc1F. The number of pyridine rings is 1. The molecule has 1 aliphatic rings. The number of sulfonamides is 1. The molecule has 1 fully saturated rings. The van der Waals surface area contributed by atoms with Gasteiger partial charge in [-0.1, -0.05) is 28.8 Å². The molecule has 18 heavy (non-hydrogen) atoms. The second kappa shape index (κ2) is 5.22. The third-order valence-corrected chi connectivity index (χ3v) is 5.73. The average Bonchev–Trinajstić information content (AvgIpc) is 2.78. The Morgan fingerprint density at radius 2 is 2.11 bits per heavy atom. The van der Waals surface area contributed by atoms with Gasteiger partial charge >= 0.3 is 0 Å². The Bertz CT molecular complexity index is 530. The van der Waals surface area contributed by atoms with Crippen molar-refractivity contribution in [2.75, 3.05) is 5.33 Å². The number of nitrogens with one attached hydrogen (secondary N) is 1. The summed E-state index contributed by atoms with van der Waals surface area (Å²) < 4.78 is 40.4. The zero-order valence-electron chi connectivity index (χ0n) is 9.70. The van der Waals surface area contributed by atoms with Crippen molar-refractivity contribution < 1.29 is 12.8 Å². The van der Waals surface area contributed by atoms with Crippen molar-refractivity contribution >= 4 is 26.0 Å². The molecular formula is C11H14BrFN2O2S. The Kier molecular flexibility index (Phi) is 4.03. The molecule has 1 heterocycles. The van der Waals surface area contributed by atoms with E-state index in [0.29, 0.717) is 5.33 Å². The number of aromatic nitrogens is 1. The van der Waals surface area contributed by atoms with E-state index in [9.17, 15) is 12.8 Å². The third kappa shape index (κ3) is 2.73. The first kappa shape index (κ1) is 13.9. The van der Waals surface area contributed by atoms with Crippen LogP contribution in [0.15, 0.2) is 23.4 Å². The number of alkyl halides is 1. The van der Waals surface area contributed by atoms with E-state index in [1.807, 2.05) is 0 Å². The van der Waals surface area contributed by atoms with Gasteiger partial charge in [-0.2, -0.15) is 0 Å². The minimum atomic E-state index is -3.91. The van der Waals surface area contributed by atoms with Crippen molar-refractivity contribution in [3.63, 3.8) is 0 Å². The van der Waals surface area contributed by atoms with E-state index in [-0.39, 0.29) is 0 Å². The van der Waals surface area contributed by atoms with Crippen LogP contribution >= 0.6 is 15.9 Å². The summed E-state index contributed by atoms with van der Waals surface area (Å²) in [5.41, 5.74) is -0.511. The fourth-order valence-electron chi connectivity index (χ4n) is 2.22. The summed E-state index contributed by atoms with van der Waals surface area (Å²) in [5.74, 6) is -0.826. The van der Waals surface area contributed by atoms with Crippen molar-refractivity contribution in [1.29, 1.82) is 0 Å². The highest BCUT2D eigenvalue weighted by Gasteiger charge is 2.38. The van der Waals surface area contributed by atoms with Crippen molar-refractivity contribution in [2.24, 2.45) is 0 Å². The molecule has 0 atom stereocenters. The predicted molar refractivity (Wildman–Crippen MR) is 69.5 cm³/mol. The van der Waals surface area contributed by atoms with Gasteiger partial charge in [0.2, 0.25) is 5.03 Å². The second-order valence-electron chi connectivity index (χ2n) is 4.52. The summed E-state index contributed by atoms with van der Waals surface area (Å²) in [6.07, 6.45) is 4.72. The van der Waals surface area contributed by atoms with Crippen LogP contribution in [0.1, 0.15) is 25.7 Å². The number of halogens is 2. The van der Waals surface area contributed by atoms with Gasteiger partial charge in [0.05, 0.1) is 0 Å². The van der Waals surface area contributed by atoms with Gasteiger partial charge in [0.1, 0.15) is 0 Å². The lowest BCUT2D eigenvalue weighted by atomic mass is 10.0. The molecule has 0 spiro atoms. The lowest BCUT2D eigenvalue weighted by Gasteiger charge is -2.27. The lowest BCUT2D eigenvalue weighted by Crippen LogP contribution is -2.48. The molecule has 1 aliphatic carbocycles. The molecular weight excluding hydrogens is 323 g/mol. The van der Waals surface area contributed by atoms with E-state index in [4.69, 9.17) is 0 Å². The van der Waals surface area contributed by atoms with Gasteiger partial charge in [-0.3, -0.25) is 0 Å². The highest BCUT2D eigenvalue weighted by atomic mass is 79.9. The van der Waals surface area contributed by atoms with Crippen molar-refractivity contribution in [3.05, 3.63) is 24.1 Å². The molecule has 0 unspecified atom stereocenters. The Morgan fingerprint density at radius 3 is 2.67 bits per heavy atom. The van der Waals surface area contributed by atoms with Gasteiger partial charge in [-0.15, -0.1) is 0 Å². The van der Waals surface area contributed by atoms with E-state index in [2.05, 4.69) is 25.6 Å². The van der Waals surface area contributed by atoms with Crippen molar-refractivity contribution in [2.45, 2.75) is 36.2 Å². The minimum Gasteiger partial charge on any atom is -0.241 e. The molecule has 0 bridgehead atoms. The molecule has 1 N–H and O–H groups in total. The molecule has 0 radical (unpaired) electrons. The van der Waals surface area contributed by atoms with Gasteiger partial charge in [0.25, 0.3) is 10.0 Å². The maximum absolute atomic E-state index is 13.5. The first-order valence-corrected chi connectivity index (χ1v) is 8.30. The quantitative estimate of drug-likeness (QED) is 0.857. The molecule has 100 valence electrons. The van der Waals surface area contributed by atoms with Crippen molar-refractivity contribution in [1.82, 2.24) is 9.71 Å². The van der Waals surface area contributed by atoms with E-state index >= 15 is 0 Å². The molecule has 1 aromatic rings. The monoisotopic (exact) mass is 336 g/mol. The molecule has 0 aromatic carbocycles. The Labute approximate surface area is 114 Å². The van der Waals surface area contributed by atoms with Gasteiger partial charge < -0.3 is 0 Å². The first-order valence-electron chi connectivity index (χ1n) is 5.70. The fraction of sp³-hybridized carbons (Fsp3) is 0.545. The fourth-order valence-corrected chi connectivity index (χ4v) is 4.57. The van der Waals surface area contributed by atoms with Crippen LogP contribution < -0.4 is 4.72 Å². The summed E-state index contributed by atoms with van der Waals surface area (Å²) in [6, 6.07) is 2.46. The van der Waals surface area contributed by atoms with Crippen LogP contribution in [0.4, 0.5) is 4.39 Å². The summed E-state index contributed by atoms with van der Waals surface area (Å²) in [6.45, 7) is 0. The Hall–Kier alpha value is -0.530. The van der Waals surface area contributed by atoms with Crippen molar-refractivity contribution in [3.8, 4) is 0 Å². The first-order chi connectivity index (χ1) is 8.49. The molecule has 0 amide bonds. The highest BCUT2D eigenvalue weighted by molar-refractivity contribution is 9.09. The number of hydrogen-bond acceptors (Lipinski definition) is 3. The van der Waals surface area contributed by atoms with Crippen LogP contribution in [0.3, 0.4) is 0 Å². The summed E-state index contributed by atoms with van der Waals surface area (Å²) in [4.78, 5) is 3.62. The highest BCUT2D eigenvalue weighted by Crippen LogP contribution is 2.32. The van der Waals surface area contributed by atoms with Crippen LogP contribution in [-0.2, 0) is 10.0 Å². The van der Waals surface area contributed by atoms with Crippen LogP contribution in [0, 0.1) is 5.82 Å². The normalized spacial score (nSPS) is 19.0. The molecule has 0 saturated heterocycles. The molecule has 0 aliphatic heterocycles. The Balaban J connectivity index is 2.30. The predicted octanol–water partition coefficient (Wildman–Crippen LogP) is 2.21. The van der Waals surface area contributed by atoms with E-state index in [0.717, 1.165) is 31.7 Å². The van der Waals surface area contributed by atoms with Gasteiger partial charge in [-0.05, 0) is 25.0 Å². The summed E-state index contributed by atoms with van der Waals surface area (Å²) >= 11 is 3.34. The van der Waals surface area contributed by atoms with Crippen LogP contribution in [0.5, 0.6) is 0 Å². The Morgan fingerprint density at radius 1 is 1.44 bits per heavy atom. The van der Waals surface area contributed by atoms with E-state index in [1.54, 1.807) is 0 Å². The molecule has 7 heteroatoms. The second-order valence-corrected chi connectivity index (χ2v) is 6.68. The topological polar surface area (TPSA) is 59.1 Å². The van der Waals surface area contributed by atoms with E-state index in [1.165, 1.54) is 12.3 Å². The number of nitrogens with zero attached hydrogens (tertiary/aromatic N) is 1. The zero-order valence-corrected chi connectivity index (χ0v) is 12.1. The third-order valence-electron chi connectivity index (χ3n) is 3.15. The summed E-state index contributed by atoms with van der Waals surface area (Å²) in [7, 11) is -3.91. The van der Waals surface area contributed by atoms with Crippen LogP contribution in [0.2, 0.25) is 0 Å². The average molecular weight is 337 g/mol. The lowest BCUT2D eigenvalue weighted by molar-refractivity contribution is 0.434. The smallest absolute Gasteiger partial charge is 0.241 e. The zero-order chi connectivity index (χ0) is 13.2. The van der Waals surface area contributed by atoms with Gasteiger partial charge in [0, 0.05) is 17.1 Å². The number of hydrogen-bond donors (Lipinski definition) is 1. The largest absolute Gasteiger partial charge is 0.261 e. The van der Waals surface area contributed by atoms with Crippen LogP contribution in [0.25, 0.3) is 0 Å². The molecule has 2 rings (SSSR count). The minimum absolute atomic E-state index is 0.511. The van der Waals surface area contributed by atoms with E-state index < -0.39 is 26.4 Å². The molecule has 4 nitrogen and oxygen atoms in total. The maximum atomic E-state index is 13.5. The standard InChI is InChI=1S/C11H14BrFN2O2S/c12-8-11(5-1-2-6-11)15-18(16,17)10-9(13)4-3-7-14-10/h3-4,7,15H,1-2,5-6,8H2. The molecule has 1 aromatic heterocycles. The maximum Gasteiger partial charge on any atom is 0.261 e. The summed E-state index contributed by atoms with van der Waals surface area (Å²) in [5, 5.41) is -0.00884. The van der Waals surface area contributed by atoms with Gasteiger partial charge in [0.15, 0.2) is 5.82 Å². The van der Waals surface area contributed by atoms with Gasteiger partial charge in [-0.25, -0.2) is 22.5 Å².